The van der Waals surface area contributed by atoms with E-state index in [0.29, 0.717) is 18.4 Å². The maximum atomic E-state index is 13.7. The number of fused-ring (bicyclic) bond motifs is 1. The summed E-state index contributed by atoms with van der Waals surface area (Å²) >= 11 is 6.27. The van der Waals surface area contributed by atoms with Gasteiger partial charge in [-0.2, -0.15) is 5.01 Å². The number of ether oxygens (including phenoxy) is 1. The minimum atomic E-state index is -0.739. The highest BCUT2D eigenvalue weighted by Gasteiger charge is 2.51. The molecule has 0 N–H and O–H groups in total. The molecule has 9 heteroatoms. The molecule has 3 amide bonds. The monoisotopic (exact) mass is 556 g/mol. The number of hydrogen-bond acceptors (Lipinski definition) is 6. The number of rotatable bonds is 7. The number of carbonyl (C=O) groups excluding carboxylic acids is 5. The van der Waals surface area contributed by atoms with Crippen molar-refractivity contribution in [3.05, 3.63) is 112 Å². The zero-order valence-corrected chi connectivity index (χ0v) is 22.3. The summed E-state index contributed by atoms with van der Waals surface area (Å²) in [6.07, 6.45) is 2.73. The SMILES string of the molecule is CC1=CC[C@H]2C(=O)N(N(CC(=O)c3ccc(OC(=O)c4ccccc4)cc3)C(=O)c3ccccc3Cl)C(=O)[C@H]2C1. The highest BCUT2D eigenvalue weighted by molar-refractivity contribution is 6.34. The second kappa shape index (κ2) is 11.3. The molecule has 1 aliphatic carbocycles. The van der Waals surface area contributed by atoms with Gasteiger partial charge < -0.3 is 4.74 Å². The van der Waals surface area contributed by atoms with Crippen molar-refractivity contribution in [2.24, 2.45) is 11.8 Å². The second-order valence-electron chi connectivity index (χ2n) is 9.74. The van der Waals surface area contributed by atoms with Crippen LogP contribution in [0.4, 0.5) is 0 Å². The number of carbonyl (C=O) groups is 5. The summed E-state index contributed by atoms with van der Waals surface area (Å²) in [5.74, 6) is -3.80. The lowest BCUT2D eigenvalue weighted by molar-refractivity contribution is -0.154. The van der Waals surface area contributed by atoms with Gasteiger partial charge >= 0.3 is 5.97 Å². The van der Waals surface area contributed by atoms with E-state index in [-0.39, 0.29) is 21.9 Å². The molecule has 1 fully saturated rings. The number of amides is 3. The van der Waals surface area contributed by atoms with Crippen molar-refractivity contribution in [2.45, 2.75) is 19.8 Å². The third kappa shape index (κ3) is 5.31. The molecule has 1 saturated heterocycles. The van der Waals surface area contributed by atoms with Gasteiger partial charge in [-0.3, -0.25) is 19.2 Å². The van der Waals surface area contributed by atoms with Crippen LogP contribution in [0.3, 0.4) is 0 Å². The topological polar surface area (TPSA) is 101 Å². The Balaban J connectivity index is 1.39. The highest BCUT2D eigenvalue weighted by atomic mass is 35.5. The van der Waals surface area contributed by atoms with Crippen LogP contribution in [0.5, 0.6) is 5.75 Å². The van der Waals surface area contributed by atoms with E-state index in [2.05, 4.69) is 0 Å². The maximum Gasteiger partial charge on any atom is 0.343 e. The summed E-state index contributed by atoms with van der Waals surface area (Å²) in [6.45, 7) is 1.32. The number of allylic oxidation sites excluding steroid dienone is 2. The molecule has 40 heavy (non-hydrogen) atoms. The van der Waals surface area contributed by atoms with Crippen LogP contribution in [0.2, 0.25) is 5.02 Å². The maximum absolute atomic E-state index is 13.7. The molecule has 0 aromatic heterocycles. The van der Waals surface area contributed by atoms with Gasteiger partial charge in [0, 0.05) is 5.56 Å². The number of imide groups is 1. The van der Waals surface area contributed by atoms with Crippen molar-refractivity contribution < 1.29 is 28.7 Å². The number of benzene rings is 3. The molecule has 0 bridgehead atoms. The highest BCUT2D eigenvalue weighted by Crippen LogP contribution is 2.39. The third-order valence-electron chi connectivity index (χ3n) is 7.07. The minimum Gasteiger partial charge on any atom is -0.423 e. The lowest BCUT2D eigenvalue weighted by atomic mass is 9.82. The van der Waals surface area contributed by atoms with Crippen LogP contribution in [0.25, 0.3) is 0 Å². The van der Waals surface area contributed by atoms with Gasteiger partial charge in [0.1, 0.15) is 12.3 Å². The Kier molecular flexibility index (Phi) is 7.62. The van der Waals surface area contributed by atoms with Crippen LogP contribution in [-0.2, 0) is 9.59 Å². The van der Waals surface area contributed by atoms with Gasteiger partial charge in [-0.05, 0) is 68.3 Å². The summed E-state index contributed by atoms with van der Waals surface area (Å²) in [5, 5.41) is 1.84. The molecule has 8 nitrogen and oxygen atoms in total. The van der Waals surface area contributed by atoms with Crippen LogP contribution in [0.1, 0.15) is 50.8 Å². The Bertz CT molecular complexity index is 1530. The Morgan fingerprint density at radius 1 is 0.875 bits per heavy atom. The van der Waals surface area contributed by atoms with Crippen molar-refractivity contribution in [3.63, 3.8) is 0 Å². The molecule has 2 atom stereocenters. The number of esters is 1. The summed E-state index contributed by atoms with van der Waals surface area (Å²) in [4.78, 5) is 66.2. The van der Waals surface area contributed by atoms with E-state index in [9.17, 15) is 24.0 Å². The first-order chi connectivity index (χ1) is 19.2. The molecule has 202 valence electrons. The van der Waals surface area contributed by atoms with Crippen LogP contribution in [0, 0.1) is 11.8 Å². The standard InChI is InChI=1S/C31H25ClN2O6/c1-19-11-16-23-25(17-19)30(38)34(29(23)37)33(28(36)24-9-5-6-10-26(24)32)18-27(35)20-12-14-22(15-13-20)40-31(39)21-7-3-2-4-8-21/h2-15,23,25H,16-18H2,1H3/t23-,25+/m1/s1. The quantitative estimate of drug-likeness (QED) is 0.131. The van der Waals surface area contributed by atoms with Gasteiger partial charge in [-0.15, -0.1) is 0 Å². The molecular formula is C31H25ClN2O6. The van der Waals surface area contributed by atoms with Crippen LogP contribution < -0.4 is 4.74 Å². The summed E-state index contributed by atoms with van der Waals surface area (Å²) in [7, 11) is 0. The van der Waals surface area contributed by atoms with E-state index in [1.54, 1.807) is 42.5 Å². The molecule has 0 radical (unpaired) electrons. The van der Waals surface area contributed by atoms with E-state index >= 15 is 0 Å². The van der Waals surface area contributed by atoms with Crippen LogP contribution in [-0.4, -0.2) is 46.0 Å². The summed E-state index contributed by atoms with van der Waals surface area (Å²) in [5.41, 5.74) is 1.63. The Hall–Kier alpha value is -4.56. The molecule has 3 aromatic carbocycles. The molecule has 0 unspecified atom stereocenters. The molecule has 0 saturated carbocycles. The normalized spacial score (nSPS) is 18.1. The lowest BCUT2D eigenvalue weighted by Gasteiger charge is -2.30. The van der Waals surface area contributed by atoms with Crippen LogP contribution in [0.15, 0.2) is 90.5 Å². The molecule has 5 rings (SSSR count). The van der Waals surface area contributed by atoms with Crippen molar-refractivity contribution in [1.82, 2.24) is 10.0 Å². The van der Waals surface area contributed by atoms with Gasteiger partial charge in [0.2, 0.25) is 0 Å². The van der Waals surface area contributed by atoms with E-state index in [4.69, 9.17) is 16.3 Å². The molecule has 1 aliphatic heterocycles. The molecule has 1 heterocycles. The summed E-state index contributed by atoms with van der Waals surface area (Å²) < 4.78 is 5.37. The Labute approximate surface area is 235 Å². The van der Waals surface area contributed by atoms with Gasteiger partial charge in [0.15, 0.2) is 5.78 Å². The van der Waals surface area contributed by atoms with Gasteiger partial charge in [-0.1, -0.05) is 53.6 Å². The van der Waals surface area contributed by atoms with E-state index in [1.165, 1.54) is 36.4 Å². The second-order valence-corrected chi connectivity index (χ2v) is 10.1. The third-order valence-corrected chi connectivity index (χ3v) is 7.40. The number of Topliss-reactive ketones (excluding diaryl/α,β-unsaturated/α-hetero) is 1. The number of hydrogen-bond donors (Lipinski definition) is 0. The first-order valence-electron chi connectivity index (χ1n) is 12.7. The van der Waals surface area contributed by atoms with Gasteiger partial charge in [0.05, 0.1) is 28.0 Å². The number of hydrazine groups is 1. The van der Waals surface area contributed by atoms with Gasteiger partial charge in [-0.25, -0.2) is 9.80 Å². The Morgan fingerprint density at radius 3 is 2.23 bits per heavy atom. The molecule has 3 aromatic rings. The first-order valence-corrected chi connectivity index (χ1v) is 13.1. The average Bonchev–Trinajstić information content (AvgIpc) is 3.20. The van der Waals surface area contributed by atoms with E-state index in [0.717, 1.165) is 15.6 Å². The van der Waals surface area contributed by atoms with Gasteiger partial charge in [0.25, 0.3) is 17.7 Å². The number of nitrogens with zero attached hydrogens (tertiary/aromatic N) is 2. The van der Waals surface area contributed by atoms with E-state index in [1.807, 2.05) is 13.0 Å². The zero-order valence-electron chi connectivity index (χ0n) is 21.6. The van der Waals surface area contributed by atoms with Crippen molar-refractivity contribution >= 4 is 41.1 Å². The van der Waals surface area contributed by atoms with Crippen LogP contribution >= 0.6 is 11.6 Å². The Morgan fingerprint density at radius 2 is 1.52 bits per heavy atom. The predicted octanol–water partition coefficient (Wildman–Crippen LogP) is 5.14. The predicted molar refractivity (Wildman–Crippen MR) is 146 cm³/mol. The largest absolute Gasteiger partial charge is 0.423 e. The van der Waals surface area contributed by atoms with E-state index < -0.39 is 47.9 Å². The summed E-state index contributed by atoms with van der Waals surface area (Å²) in [6, 6.07) is 20.5. The fourth-order valence-electron chi connectivity index (χ4n) is 4.94. The fourth-order valence-corrected chi connectivity index (χ4v) is 5.16. The number of ketones is 1. The lowest BCUT2D eigenvalue weighted by Crippen LogP contribution is -2.52. The minimum absolute atomic E-state index is 0.0601. The van der Waals surface area contributed by atoms with Crippen molar-refractivity contribution in [2.75, 3.05) is 6.54 Å². The average molecular weight is 557 g/mol. The smallest absolute Gasteiger partial charge is 0.343 e. The molecular weight excluding hydrogens is 532 g/mol. The van der Waals surface area contributed by atoms with Crippen molar-refractivity contribution in [3.8, 4) is 5.75 Å². The first kappa shape index (κ1) is 27.0. The molecule has 0 spiro atoms. The number of halogens is 1. The molecule has 2 aliphatic rings. The zero-order chi connectivity index (χ0) is 28.4. The fraction of sp³-hybridized carbons (Fsp3) is 0.194. The van der Waals surface area contributed by atoms with Crippen molar-refractivity contribution in [1.29, 1.82) is 0 Å².